The van der Waals surface area contributed by atoms with E-state index in [-0.39, 0.29) is 0 Å². The molecule has 1 saturated heterocycles. The molecular formula is C7H14O9S3. The van der Waals surface area contributed by atoms with Gasteiger partial charge in [0.25, 0.3) is 10.1 Å². The van der Waals surface area contributed by atoms with Crippen molar-refractivity contribution in [3.05, 3.63) is 0 Å². The Hall–Kier alpha value is -0.240. The number of hydrogen-bond acceptors (Lipinski definition) is 9. The minimum atomic E-state index is -4.25. The summed E-state index contributed by atoms with van der Waals surface area (Å²) in [6.45, 7) is -0.954. The zero-order chi connectivity index (χ0) is 14.9. The van der Waals surface area contributed by atoms with Gasteiger partial charge in [-0.25, -0.2) is 12.6 Å². The molecule has 1 aliphatic rings. The molecule has 0 aromatic carbocycles. The van der Waals surface area contributed by atoms with Crippen molar-refractivity contribution >= 4 is 36.2 Å². The Morgan fingerprint density at radius 3 is 1.84 bits per heavy atom. The molecule has 0 aliphatic carbocycles. The Bertz CT molecular complexity index is 565. The lowest BCUT2D eigenvalue weighted by Gasteiger charge is -2.14. The molecule has 19 heavy (non-hydrogen) atoms. The summed E-state index contributed by atoms with van der Waals surface area (Å²) in [7, 11) is -10.8. The van der Waals surface area contributed by atoms with E-state index in [0.717, 1.165) is 6.26 Å². The maximum Gasteiger partial charge on any atom is 0.400 e. The van der Waals surface area contributed by atoms with E-state index < -0.39 is 55.7 Å². The van der Waals surface area contributed by atoms with E-state index in [4.69, 9.17) is 4.18 Å². The van der Waals surface area contributed by atoms with Crippen molar-refractivity contribution in [1.82, 2.24) is 0 Å². The first-order chi connectivity index (χ1) is 8.38. The second kappa shape index (κ2) is 5.63. The van der Waals surface area contributed by atoms with Gasteiger partial charge in [-0.1, -0.05) is 0 Å². The maximum absolute atomic E-state index is 11.2. The van der Waals surface area contributed by atoms with Gasteiger partial charge in [-0.2, -0.15) is 16.8 Å². The van der Waals surface area contributed by atoms with E-state index in [2.05, 4.69) is 18.4 Å². The molecule has 0 spiro atoms. The molecule has 1 aliphatic heterocycles. The Morgan fingerprint density at radius 2 is 1.47 bits per heavy atom. The lowest BCUT2D eigenvalue weighted by atomic mass is 10.2. The standard InChI is InChI=1S/C7H14O9S3/c1-17(2,8)13-4-6-7(5-14-18(3,9)10)16-19(11,12)15-6/h6-7H,1,4-5H2,2-3H3. The van der Waals surface area contributed by atoms with Crippen LogP contribution in [0.15, 0.2) is 0 Å². The Kier molecular flexibility index (Phi) is 4.98. The van der Waals surface area contributed by atoms with Crippen LogP contribution in [0.5, 0.6) is 0 Å². The normalized spacial score (nSPS) is 30.0. The van der Waals surface area contributed by atoms with Crippen molar-refractivity contribution in [1.29, 1.82) is 0 Å². The summed E-state index contributed by atoms with van der Waals surface area (Å²) in [4.78, 5) is 0. The van der Waals surface area contributed by atoms with Crippen molar-refractivity contribution in [2.24, 2.45) is 0 Å². The Morgan fingerprint density at radius 1 is 1.05 bits per heavy atom. The highest BCUT2D eigenvalue weighted by Gasteiger charge is 2.41. The van der Waals surface area contributed by atoms with Gasteiger partial charge in [-0.3, -0.25) is 8.37 Å². The van der Waals surface area contributed by atoms with E-state index in [1.165, 1.54) is 6.26 Å². The van der Waals surface area contributed by atoms with Crippen LogP contribution < -0.4 is 0 Å². The van der Waals surface area contributed by atoms with Gasteiger partial charge >= 0.3 is 10.4 Å². The van der Waals surface area contributed by atoms with Crippen LogP contribution in [-0.2, 0) is 47.1 Å². The first-order valence-corrected chi connectivity index (χ1v) is 10.0. The average molecular weight is 338 g/mol. The molecule has 1 fully saturated rings. The van der Waals surface area contributed by atoms with Crippen molar-refractivity contribution in [3.63, 3.8) is 0 Å². The molecule has 3 atom stereocenters. The lowest BCUT2D eigenvalue weighted by molar-refractivity contribution is 0.0731. The molecule has 0 radical (unpaired) electrons. The SMILES string of the molecule is C=S(C)(=O)OCC1OS(=O)(=O)OC1COS(C)(=O)=O. The van der Waals surface area contributed by atoms with Gasteiger partial charge in [-0.05, 0) is 5.87 Å². The fraction of sp³-hybridized carbons (Fsp3) is 0.857. The molecule has 1 rings (SSSR count). The van der Waals surface area contributed by atoms with E-state index in [1.54, 1.807) is 0 Å². The third kappa shape index (κ3) is 6.65. The van der Waals surface area contributed by atoms with Gasteiger partial charge in [0.15, 0.2) is 0 Å². The smallest absolute Gasteiger partial charge is 0.295 e. The van der Waals surface area contributed by atoms with E-state index in [9.17, 15) is 21.0 Å². The molecule has 0 N–H and O–H groups in total. The van der Waals surface area contributed by atoms with Gasteiger partial charge in [-0.15, -0.1) is 0 Å². The van der Waals surface area contributed by atoms with Gasteiger partial charge in [0.2, 0.25) is 0 Å². The first kappa shape index (κ1) is 16.8. The molecule has 0 aromatic rings. The van der Waals surface area contributed by atoms with E-state index in [0.29, 0.717) is 0 Å². The minimum Gasteiger partial charge on any atom is -0.295 e. The summed E-state index contributed by atoms with van der Waals surface area (Å²) in [5.41, 5.74) is 0. The van der Waals surface area contributed by atoms with E-state index in [1.807, 2.05) is 0 Å². The van der Waals surface area contributed by atoms with Crippen LogP contribution in [0.3, 0.4) is 0 Å². The van der Waals surface area contributed by atoms with Crippen molar-refractivity contribution < 1.29 is 37.8 Å². The monoisotopic (exact) mass is 338 g/mol. The van der Waals surface area contributed by atoms with Crippen LogP contribution in [-0.4, -0.2) is 64.8 Å². The van der Waals surface area contributed by atoms with Gasteiger partial charge in [0.1, 0.15) is 12.2 Å². The van der Waals surface area contributed by atoms with Gasteiger partial charge in [0.05, 0.1) is 29.3 Å². The molecule has 3 unspecified atom stereocenters. The highest BCUT2D eigenvalue weighted by Crippen LogP contribution is 2.22. The number of rotatable bonds is 6. The quantitative estimate of drug-likeness (QED) is 0.410. The summed E-state index contributed by atoms with van der Waals surface area (Å²) in [6, 6.07) is 0. The second-order valence-electron chi connectivity index (χ2n) is 3.88. The second-order valence-corrected chi connectivity index (χ2v) is 8.81. The molecule has 12 heteroatoms. The highest BCUT2D eigenvalue weighted by atomic mass is 32.3. The van der Waals surface area contributed by atoms with Crippen LogP contribution in [0.1, 0.15) is 0 Å². The van der Waals surface area contributed by atoms with Crippen LogP contribution in [0.25, 0.3) is 0 Å². The number of hydrogen-bond donors (Lipinski definition) is 0. The highest BCUT2D eigenvalue weighted by molar-refractivity contribution is 7.95. The topological polar surface area (TPSA) is 122 Å². The Balaban J connectivity index is 2.70. The average Bonchev–Trinajstić information content (AvgIpc) is 2.45. The molecule has 0 saturated carbocycles. The third-order valence-corrected chi connectivity index (χ3v) is 3.99. The molecule has 0 amide bonds. The van der Waals surface area contributed by atoms with Crippen molar-refractivity contribution in [2.75, 3.05) is 25.7 Å². The molecule has 9 nitrogen and oxygen atoms in total. The fourth-order valence-corrected chi connectivity index (χ4v) is 2.93. The maximum atomic E-state index is 11.2. The van der Waals surface area contributed by atoms with Crippen molar-refractivity contribution in [3.8, 4) is 0 Å². The zero-order valence-corrected chi connectivity index (χ0v) is 12.6. The van der Waals surface area contributed by atoms with Crippen LogP contribution >= 0.6 is 0 Å². The molecule has 0 bridgehead atoms. The van der Waals surface area contributed by atoms with Crippen LogP contribution in [0, 0.1) is 0 Å². The molecule has 0 aromatic heterocycles. The van der Waals surface area contributed by atoms with Gasteiger partial charge < -0.3 is 0 Å². The summed E-state index contributed by atoms with van der Waals surface area (Å²) >= 11 is 0. The Labute approximate surface area is 112 Å². The van der Waals surface area contributed by atoms with Crippen LogP contribution in [0.4, 0.5) is 0 Å². The summed E-state index contributed by atoms with van der Waals surface area (Å²) in [5, 5.41) is 0. The molecule has 1 heterocycles. The fourth-order valence-electron chi connectivity index (χ4n) is 1.12. The minimum absolute atomic E-state index is 0.393. The van der Waals surface area contributed by atoms with Crippen LogP contribution in [0.2, 0.25) is 0 Å². The largest absolute Gasteiger partial charge is 0.400 e. The van der Waals surface area contributed by atoms with Crippen molar-refractivity contribution in [2.45, 2.75) is 12.2 Å². The predicted molar refractivity (Wildman–Crippen MR) is 66.6 cm³/mol. The lowest BCUT2D eigenvalue weighted by Crippen LogP contribution is -2.33. The summed E-state index contributed by atoms with van der Waals surface area (Å²) < 4.78 is 73.3. The summed E-state index contributed by atoms with van der Waals surface area (Å²) in [6.07, 6.45) is -0.354. The van der Waals surface area contributed by atoms with Gasteiger partial charge in [0, 0.05) is 6.26 Å². The third-order valence-electron chi connectivity index (χ3n) is 1.83. The molecular weight excluding hydrogens is 324 g/mol. The van der Waals surface area contributed by atoms with E-state index >= 15 is 0 Å². The predicted octanol–water partition coefficient (Wildman–Crippen LogP) is -1.73. The first-order valence-electron chi connectivity index (χ1n) is 4.80. The zero-order valence-electron chi connectivity index (χ0n) is 10.2. The summed E-state index contributed by atoms with van der Waals surface area (Å²) in [5.74, 6) is 3.21. The molecule has 114 valence electrons.